The molecular formula is C25H32N2O3. The van der Waals surface area contributed by atoms with Crippen LogP contribution in [-0.4, -0.2) is 61.7 Å². The Bertz CT molecular complexity index is 780. The summed E-state index contributed by atoms with van der Waals surface area (Å²) < 4.78 is 11.0. The number of carbonyl (C=O) groups is 1. The summed E-state index contributed by atoms with van der Waals surface area (Å²) in [4.78, 5) is 16.8. The first-order valence-electron chi connectivity index (χ1n) is 11.1. The minimum Gasteiger partial charge on any atom is -0.484 e. The van der Waals surface area contributed by atoms with Crippen molar-refractivity contribution in [1.29, 1.82) is 0 Å². The zero-order valence-electron chi connectivity index (χ0n) is 17.7. The van der Waals surface area contributed by atoms with Crippen LogP contribution < -0.4 is 4.74 Å². The van der Waals surface area contributed by atoms with Gasteiger partial charge < -0.3 is 14.4 Å². The number of benzene rings is 2. The van der Waals surface area contributed by atoms with Crippen LogP contribution >= 0.6 is 0 Å². The Labute approximate surface area is 179 Å². The Kier molecular flexibility index (Phi) is 7.38. The van der Waals surface area contributed by atoms with Gasteiger partial charge in [0, 0.05) is 32.7 Å². The van der Waals surface area contributed by atoms with E-state index in [0.717, 1.165) is 70.9 Å². The molecule has 5 nitrogen and oxygen atoms in total. The molecule has 0 saturated carbocycles. The van der Waals surface area contributed by atoms with Gasteiger partial charge >= 0.3 is 0 Å². The highest BCUT2D eigenvalue weighted by molar-refractivity contribution is 5.77. The fourth-order valence-electron chi connectivity index (χ4n) is 4.27. The molecule has 5 heteroatoms. The maximum absolute atomic E-state index is 12.4. The second-order valence-corrected chi connectivity index (χ2v) is 8.34. The second kappa shape index (κ2) is 10.6. The Morgan fingerprint density at radius 1 is 0.900 bits per heavy atom. The lowest BCUT2D eigenvalue weighted by atomic mass is 9.90. The smallest absolute Gasteiger partial charge is 0.260 e. The highest BCUT2D eigenvalue weighted by Crippen LogP contribution is 2.22. The van der Waals surface area contributed by atoms with Crippen LogP contribution in [0, 0.1) is 5.92 Å². The lowest BCUT2D eigenvalue weighted by molar-refractivity contribution is -0.134. The van der Waals surface area contributed by atoms with Crippen LogP contribution in [0.2, 0.25) is 0 Å². The molecule has 0 N–H and O–H groups in total. The average molecular weight is 409 g/mol. The van der Waals surface area contributed by atoms with E-state index in [1.165, 1.54) is 11.1 Å². The van der Waals surface area contributed by atoms with E-state index in [4.69, 9.17) is 9.47 Å². The number of para-hydroxylation sites is 1. The predicted octanol–water partition coefficient (Wildman–Crippen LogP) is 3.38. The van der Waals surface area contributed by atoms with Gasteiger partial charge in [-0.1, -0.05) is 42.5 Å². The summed E-state index contributed by atoms with van der Waals surface area (Å²) in [6.07, 6.45) is 3.22. The van der Waals surface area contributed by atoms with Crippen LogP contribution in [0.4, 0.5) is 0 Å². The number of likely N-dealkylation sites (tertiary alicyclic amines) is 1. The molecule has 30 heavy (non-hydrogen) atoms. The molecule has 4 rings (SSSR count). The number of carbonyl (C=O) groups excluding carboxylic acids is 1. The van der Waals surface area contributed by atoms with Crippen LogP contribution in [0.1, 0.15) is 24.0 Å². The van der Waals surface area contributed by atoms with Crippen LogP contribution in [-0.2, 0) is 22.5 Å². The lowest BCUT2D eigenvalue weighted by Gasteiger charge is -2.32. The summed E-state index contributed by atoms with van der Waals surface area (Å²) >= 11 is 0. The molecule has 2 aliphatic heterocycles. The average Bonchev–Trinajstić information content (AvgIpc) is 2.81. The third kappa shape index (κ3) is 6.07. The summed E-state index contributed by atoms with van der Waals surface area (Å²) in [5.41, 5.74) is 2.78. The van der Waals surface area contributed by atoms with Gasteiger partial charge in [0.15, 0.2) is 6.61 Å². The Balaban J connectivity index is 1.18. The molecule has 2 aromatic carbocycles. The van der Waals surface area contributed by atoms with Crippen molar-refractivity contribution in [1.82, 2.24) is 9.80 Å². The molecule has 0 atom stereocenters. The van der Waals surface area contributed by atoms with E-state index in [0.29, 0.717) is 5.92 Å². The zero-order valence-corrected chi connectivity index (χ0v) is 17.7. The van der Waals surface area contributed by atoms with E-state index < -0.39 is 0 Å². The number of nitrogens with zero attached hydrogens (tertiary/aromatic N) is 2. The van der Waals surface area contributed by atoms with Crippen LogP contribution in [0.15, 0.2) is 54.6 Å². The Morgan fingerprint density at radius 3 is 2.27 bits per heavy atom. The SMILES string of the molecule is O=C(COc1ccccc1)N1CCC(Cc2ccc(CN3CCOCC3)cc2)CC1. The highest BCUT2D eigenvalue weighted by atomic mass is 16.5. The van der Waals surface area contributed by atoms with Gasteiger partial charge in [-0.2, -0.15) is 0 Å². The minimum atomic E-state index is 0.0877. The predicted molar refractivity (Wildman–Crippen MR) is 117 cm³/mol. The molecule has 160 valence electrons. The fraction of sp³-hybridized carbons (Fsp3) is 0.480. The van der Waals surface area contributed by atoms with Gasteiger partial charge in [-0.3, -0.25) is 9.69 Å². The first-order valence-corrected chi connectivity index (χ1v) is 11.1. The molecule has 0 aromatic heterocycles. The lowest BCUT2D eigenvalue weighted by Crippen LogP contribution is -2.41. The van der Waals surface area contributed by atoms with Gasteiger partial charge in [0.25, 0.3) is 5.91 Å². The molecule has 0 radical (unpaired) electrons. The maximum atomic E-state index is 12.4. The molecule has 0 spiro atoms. The van der Waals surface area contributed by atoms with Crippen molar-refractivity contribution in [2.45, 2.75) is 25.8 Å². The number of piperidine rings is 1. The molecule has 0 unspecified atom stereocenters. The largest absolute Gasteiger partial charge is 0.484 e. The number of ether oxygens (including phenoxy) is 2. The van der Waals surface area contributed by atoms with Gasteiger partial charge in [0.05, 0.1) is 13.2 Å². The first kappa shape index (κ1) is 20.9. The normalized spacial score (nSPS) is 18.3. The maximum Gasteiger partial charge on any atom is 0.260 e. The monoisotopic (exact) mass is 408 g/mol. The number of hydrogen-bond donors (Lipinski definition) is 0. The molecule has 2 aliphatic rings. The van der Waals surface area contributed by atoms with Crippen LogP contribution in [0.5, 0.6) is 5.75 Å². The van der Waals surface area contributed by atoms with Gasteiger partial charge in [-0.05, 0) is 48.4 Å². The van der Waals surface area contributed by atoms with Crippen LogP contribution in [0.25, 0.3) is 0 Å². The molecule has 2 fully saturated rings. The van der Waals surface area contributed by atoms with Gasteiger partial charge in [-0.15, -0.1) is 0 Å². The number of rotatable bonds is 7. The molecule has 0 bridgehead atoms. The Morgan fingerprint density at radius 2 is 1.57 bits per heavy atom. The van der Waals surface area contributed by atoms with Crippen molar-refractivity contribution in [2.24, 2.45) is 5.92 Å². The van der Waals surface area contributed by atoms with Crippen molar-refractivity contribution in [2.75, 3.05) is 46.0 Å². The van der Waals surface area contributed by atoms with E-state index in [2.05, 4.69) is 29.2 Å². The Hall–Kier alpha value is -2.37. The van der Waals surface area contributed by atoms with E-state index in [1.807, 2.05) is 35.2 Å². The summed E-state index contributed by atoms with van der Waals surface area (Å²) in [6, 6.07) is 18.6. The minimum absolute atomic E-state index is 0.0877. The third-order valence-corrected chi connectivity index (χ3v) is 6.13. The zero-order chi connectivity index (χ0) is 20.6. The summed E-state index contributed by atoms with van der Waals surface area (Å²) in [5.74, 6) is 1.48. The summed E-state index contributed by atoms with van der Waals surface area (Å²) in [6.45, 7) is 6.53. The highest BCUT2D eigenvalue weighted by Gasteiger charge is 2.23. The van der Waals surface area contributed by atoms with Crippen molar-refractivity contribution in [3.05, 3.63) is 65.7 Å². The topological polar surface area (TPSA) is 42.0 Å². The van der Waals surface area contributed by atoms with Crippen molar-refractivity contribution in [3.63, 3.8) is 0 Å². The van der Waals surface area contributed by atoms with Gasteiger partial charge in [0.1, 0.15) is 5.75 Å². The molecular weight excluding hydrogens is 376 g/mol. The van der Waals surface area contributed by atoms with Crippen LogP contribution in [0.3, 0.4) is 0 Å². The quantitative estimate of drug-likeness (QED) is 0.704. The van der Waals surface area contributed by atoms with Crippen molar-refractivity contribution >= 4 is 5.91 Å². The molecule has 0 aliphatic carbocycles. The third-order valence-electron chi connectivity index (χ3n) is 6.13. The number of morpholine rings is 1. The van der Waals surface area contributed by atoms with E-state index in [9.17, 15) is 4.79 Å². The number of amides is 1. The van der Waals surface area contributed by atoms with Gasteiger partial charge in [0.2, 0.25) is 0 Å². The fourth-order valence-corrected chi connectivity index (χ4v) is 4.27. The summed E-state index contributed by atoms with van der Waals surface area (Å²) in [7, 11) is 0. The van der Waals surface area contributed by atoms with E-state index in [-0.39, 0.29) is 12.5 Å². The summed E-state index contributed by atoms with van der Waals surface area (Å²) in [5, 5.41) is 0. The first-order chi connectivity index (χ1) is 14.8. The van der Waals surface area contributed by atoms with E-state index >= 15 is 0 Å². The molecule has 2 heterocycles. The second-order valence-electron chi connectivity index (χ2n) is 8.34. The molecule has 2 saturated heterocycles. The molecule has 2 aromatic rings. The van der Waals surface area contributed by atoms with E-state index in [1.54, 1.807) is 0 Å². The number of hydrogen-bond acceptors (Lipinski definition) is 4. The van der Waals surface area contributed by atoms with Crippen molar-refractivity contribution in [3.8, 4) is 5.75 Å². The van der Waals surface area contributed by atoms with Crippen molar-refractivity contribution < 1.29 is 14.3 Å². The molecule has 1 amide bonds. The van der Waals surface area contributed by atoms with Gasteiger partial charge in [-0.25, -0.2) is 0 Å². The standard InChI is InChI=1S/C25H32N2O3/c28-25(20-30-24-4-2-1-3-5-24)27-12-10-22(11-13-27)18-21-6-8-23(9-7-21)19-26-14-16-29-17-15-26/h1-9,22H,10-20H2.